The lowest BCUT2D eigenvalue weighted by atomic mass is 9.90. The van der Waals surface area contributed by atoms with Crippen molar-refractivity contribution >= 4 is 29.3 Å². The summed E-state index contributed by atoms with van der Waals surface area (Å²) in [6, 6.07) is 16.5. The van der Waals surface area contributed by atoms with E-state index < -0.39 is 5.63 Å². The van der Waals surface area contributed by atoms with E-state index in [0.29, 0.717) is 42.0 Å². The fraction of sp³-hybridized carbons (Fsp3) is 0.333. The lowest BCUT2D eigenvalue weighted by Gasteiger charge is -2.45. The topological polar surface area (TPSA) is 71.8 Å². The highest BCUT2D eigenvalue weighted by Crippen LogP contribution is 2.29. The van der Waals surface area contributed by atoms with Gasteiger partial charge in [0.25, 0.3) is 5.91 Å². The van der Waals surface area contributed by atoms with Crippen molar-refractivity contribution in [3.05, 3.63) is 70.6 Å². The predicted molar refractivity (Wildman–Crippen MR) is 122 cm³/mol. The molecular weight excluding hydrogens is 416 g/mol. The molecule has 7 heteroatoms. The molecular formula is C24H25ClN2O4. The highest BCUT2D eigenvalue weighted by atomic mass is 35.5. The van der Waals surface area contributed by atoms with E-state index in [0.717, 1.165) is 31.3 Å². The second-order valence-electron chi connectivity index (χ2n) is 8.07. The van der Waals surface area contributed by atoms with Gasteiger partial charge < -0.3 is 19.4 Å². The molecule has 0 saturated carbocycles. The quantitative estimate of drug-likeness (QED) is 0.618. The fourth-order valence-electron chi connectivity index (χ4n) is 4.47. The highest BCUT2D eigenvalue weighted by molar-refractivity contribution is 5.96. The zero-order valence-electron chi connectivity index (χ0n) is 17.1. The normalized spacial score (nSPS) is 18.0. The number of hydrogen-bond acceptors (Lipinski definition) is 5. The van der Waals surface area contributed by atoms with Crippen molar-refractivity contribution in [1.29, 1.82) is 0 Å². The van der Waals surface area contributed by atoms with Gasteiger partial charge in [0.1, 0.15) is 5.58 Å². The molecule has 6 nitrogen and oxygen atoms in total. The number of ether oxygens (including phenoxy) is 1. The third-order valence-electron chi connectivity index (χ3n) is 6.11. The zero-order chi connectivity index (χ0) is 20.6. The van der Waals surface area contributed by atoms with Crippen LogP contribution in [0.15, 0.2) is 63.8 Å². The van der Waals surface area contributed by atoms with E-state index in [2.05, 4.69) is 5.32 Å². The Bertz CT molecular complexity index is 1150. The number of hydrogen-bond donors (Lipinski definition) is 1. The van der Waals surface area contributed by atoms with Gasteiger partial charge in [-0.2, -0.15) is 0 Å². The Morgan fingerprint density at radius 3 is 2.68 bits per heavy atom. The first-order valence-electron chi connectivity index (χ1n) is 10.4. The number of nitrogens with zero attached hydrogens (tertiary/aromatic N) is 1. The summed E-state index contributed by atoms with van der Waals surface area (Å²) in [5, 5.41) is 4.21. The van der Waals surface area contributed by atoms with E-state index in [4.69, 9.17) is 9.15 Å². The number of para-hydroxylation sites is 1. The van der Waals surface area contributed by atoms with E-state index in [1.54, 1.807) is 18.2 Å². The Morgan fingerprint density at radius 2 is 1.84 bits per heavy atom. The number of benzene rings is 2. The van der Waals surface area contributed by atoms with Gasteiger partial charge in [-0.25, -0.2) is 4.79 Å². The minimum absolute atomic E-state index is 0. The van der Waals surface area contributed by atoms with Gasteiger partial charge in [-0.1, -0.05) is 30.3 Å². The lowest BCUT2D eigenvalue weighted by molar-refractivity contribution is -0.114. The predicted octanol–water partition coefficient (Wildman–Crippen LogP) is 3.48. The van der Waals surface area contributed by atoms with Gasteiger partial charge in [-0.05, 0) is 55.8 Å². The number of piperidine rings is 1. The number of morpholine rings is 1. The molecule has 2 aliphatic heterocycles. The third-order valence-corrected chi connectivity index (χ3v) is 6.11. The minimum Gasteiger partial charge on any atom is -0.422 e. The maximum absolute atomic E-state index is 13.3. The molecule has 2 fully saturated rings. The van der Waals surface area contributed by atoms with Gasteiger partial charge in [0.05, 0.1) is 24.3 Å². The van der Waals surface area contributed by atoms with E-state index in [1.165, 1.54) is 0 Å². The first kappa shape index (κ1) is 21.6. The summed E-state index contributed by atoms with van der Waals surface area (Å²) in [5.74, 6) is -0.0248. The van der Waals surface area contributed by atoms with Crippen LogP contribution in [0.1, 0.15) is 23.2 Å². The number of halogens is 1. The summed E-state index contributed by atoms with van der Waals surface area (Å²) >= 11 is 0. The second-order valence-corrected chi connectivity index (χ2v) is 8.07. The maximum atomic E-state index is 13.3. The van der Waals surface area contributed by atoms with Gasteiger partial charge in [0.2, 0.25) is 0 Å². The Kier molecular flexibility index (Phi) is 6.14. The van der Waals surface area contributed by atoms with Crippen LogP contribution in [0.5, 0.6) is 0 Å². The van der Waals surface area contributed by atoms with E-state index >= 15 is 0 Å². The monoisotopic (exact) mass is 440 g/mol. The van der Waals surface area contributed by atoms with Crippen molar-refractivity contribution < 1.29 is 13.9 Å². The van der Waals surface area contributed by atoms with Crippen LogP contribution in [-0.2, 0) is 4.74 Å². The van der Waals surface area contributed by atoms with Crippen LogP contribution in [-0.4, -0.2) is 49.2 Å². The van der Waals surface area contributed by atoms with Crippen LogP contribution in [0.2, 0.25) is 0 Å². The van der Waals surface area contributed by atoms with Crippen LogP contribution in [0, 0.1) is 0 Å². The smallest absolute Gasteiger partial charge is 0.344 e. The molecule has 5 rings (SSSR count). The first-order chi connectivity index (χ1) is 14.6. The van der Waals surface area contributed by atoms with Crippen LogP contribution < -0.4 is 10.9 Å². The van der Waals surface area contributed by atoms with Gasteiger partial charge in [-0.3, -0.25) is 4.79 Å². The number of amides is 1. The first-order valence-corrected chi connectivity index (χ1v) is 10.4. The molecule has 2 aliphatic rings. The molecule has 1 aromatic heterocycles. The molecule has 0 bridgehead atoms. The van der Waals surface area contributed by atoms with Crippen molar-refractivity contribution in [3.63, 3.8) is 0 Å². The molecule has 0 radical (unpaired) electrons. The molecule has 0 aliphatic carbocycles. The van der Waals surface area contributed by atoms with Crippen molar-refractivity contribution in [2.45, 2.75) is 18.4 Å². The number of carbonyl (C=O) groups excluding carboxylic acids is 1. The van der Waals surface area contributed by atoms with Crippen molar-refractivity contribution in [1.82, 2.24) is 10.2 Å². The largest absolute Gasteiger partial charge is 0.422 e. The Hall–Kier alpha value is -2.67. The van der Waals surface area contributed by atoms with Crippen LogP contribution in [0.3, 0.4) is 0 Å². The van der Waals surface area contributed by atoms with E-state index in [9.17, 15) is 9.59 Å². The molecule has 31 heavy (non-hydrogen) atoms. The van der Waals surface area contributed by atoms with Crippen molar-refractivity contribution in [3.8, 4) is 11.1 Å². The average Bonchev–Trinajstić information content (AvgIpc) is 2.79. The molecule has 0 atom stereocenters. The summed E-state index contributed by atoms with van der Waals surface area (Å²) in [5.41, 5.74) is 1.63. The standard InChI is InChI=1S/C24H24N2O4.ClH/c27-22(26-12-13-29-24(16-26)8-10-25-11-9-24)19-6-3-5-17(14-19)20-15-18-4-1-2-7-21(18)30-23(20)28;/h1-7,14-15,25H,8-13,16H2;1H. The van der Waals surface area contributed by atoms with Crippen LogP contribution >= 0.6 is 12.4 Å². The summed E-state index contributed by atoms with van der Waals surface area (Å²) < 4.78 is 11.6. The minimum atomic E-state index is -0.404. The zero-order valence-corrected chi connectivity index (χ0v) is 18.0. The third kappa shape index (κ3) is 4.24. The average molecular weight is 441 g/mol. The van der Waals surface area contributed by atoms with Gasteiger partial charge in [-0.15, -0.1) is 12.4 Å². The Balaban J connectivity index is 0.00000231. The van der Waals surface area contributed by atoms with Crippen LogP contribution in [0.4, 0.5) is 0 Å². The Labute approximate surface area is 186 Å². The molecule has 1 spiro atoms. The molecule has 2 aromatic carbocycles. The molecule has 1 N–H and O–H groups in total. The molecule has 3 heterocycles. The van der Waals surface area contributed by atoms with Gasteiger partial charge >= 0.3 is 5.63 Å². The maximum Gasteiger partial charge on any atom is 0.344 e. The lowest BCUT2D eigenvalue weighted by Crippen LogP contribution is -2.57. The highest BCUT2D eigenvalue weighted by Gasteiger charge is 2.39. The second kappa shape index (κ2) is 8.83. The molecule has 3 aromatic rings. The van der Waals surface area contributed by atoms with E-state index in [-0.39, 0.29) is 23.9 Å². The Morgan fingerprint density at radius 1 is 1.03 bits per heavy atom. The van der Waals surface area contributed by atoms with E-state index in [1.807, 2.05) is 41.3 Å². The van der Waals surface area contributed by atoms with Crippen LogP contribution in [0.25, 0.3) is 22.1 Å². The molecule has 2 saturated heterocycles. The molecule has 162 valence electrons. The summed E-state index contributed by atoms with van der Waals surface area (Å²) in [6.07, 6.45) is 1.82. The number of rotatable bonds is 2. The fourth-order valence-corrected chi connectivity index (χ4v) is 4.47. The summed E-state index contributed by atoms with van der Waals surface area (Å²) in [6.45, 7) is 3.57. The molecule has 1 amide bonds. The van der Waals surface area contributed by atoms with Crippen molar-refractivity contribution in [2.24, 2.45) is 0 Å². The van der Waals surface area contributed by atoms with Gasteiger partial charge in [0, 0.05) is 17.5 Å². The van der Waals surface area contributed by atoms with Gasteiger partial charge in [0.15, 0.2) is 0 Å². The summed E-state index contributed by atoms with van der Waals surface area (Å²) in [7, 11) is 0. The van der Waals surface area contributed by atoms with Crippen molar-refractivity contribution in [2.75, 3.05) is 32.8 Å². The summed E-state index contributed by atoms with van der Waals surface area (Å²) in [4.78, 5) is 27.7. The number of nitrogens with one attached hydrogen (secondary N) is 1. The SMILES string of the molecule is Cl.O=C(c1cccc(-c2cc3ccccc3oc2=O)c1)N1CCOC2(CCNCC2)C1. The molecule has 0 unspecified atom stereocenters. The number of carbonyl (C=O) groups is 1. The number of fused-ring (bicyclic) bond motifs is 1.